The van der Waals surface area contributed by atoms with E-state index in [-0.39, 0.29) is 0 Å². The molecule has 0 saturated carbocycles. The van der Waals surface area contributed by atoms with Crippen molar-refractivity contribution < 1.29 is 4.52 Å². The lowest BCUT2D eigenvalue weighted by Gasteiger charge is -2.03. The lowest BCUT2D eigenvalue weighted by atomic mass is 10.4. The van der Waals surface area contributed by atoms with Gasteiger partial charge in [0.1, 0.15) is 23.6 Å². The second kappa shape index (κ2) is 4.56. The maximum Gasteiger partial charge on any atom is 0.143 e. The molecule has 5 nitrogen and oxygen atoms in total. The van der Waals surface area contributed by atoms with E-state index in [1.807, 2.05) is 13.0 Å². The van der Waals surface area contributed by atoms with Gasteiger partial charge in [-0.25, -0.2) is 9.97 Å². The number of halogens is 1. The summed E-state index contributed by atoms with van der Waals surface area (Å²) < 4.78 is 5.94. The smallest absolute Gasteiger partial charge is 0.143 e. The number of hydrogen-bond acceptors (Lipinski definition) is 5. The van der Waals surface area contributed by atoms with Crippen LogP contribution in [0.3, 0.4) is 0 Å². The second-order valence-electron chi connectivity index (χ2n) is 3.00. The Labute approximate surface area is 100 Å². The molecular formula is C9H9IN4O. The summed E-state index contributed by atoms with van der Waals surface area (Å²) in [5.41, 5.74) is 0.863. The summed E-state index contributed by atoms with van der Waals surface area (Å²) >= 11 is 2.18. The molecule has 0 spiro atoms. The Bertz CT molecular complexity index is 457. The Hall–Kier alpha value is -1.18. The molecule has 0 amide bonds. The van der Waals surface area contributed by atoms with E-state index in [2.05, 4.69) is 43.0 Å². The first-order chi connectivity index (χ1) is 7.25. The molecule has 15 heavy (non-hydrogen) atoms. The van der Waals surface area contributed by atoms with Gasteiger partial charge in [0.2, 0.25) is 0 Å². The zero-order valence-corrected chi connectivity index (χ0v) is 10.2. The second-order valence-corrected chi connectivity index (χ2v) is 4.16. The fraction of sp³-hybridized carbons (Fsp3) is 0.222. The van der Waals surface area contributed by atoms with Crippen molar-refractivity contribution in [1.29, 1.82) is 0 Å². The average molecular weight is 316 g/mol. The third kappa shape index (κ3) is 2.65. The van der Waals surface area contributed by atoms with Gasteiger partial charge in [0.05, 0.1) is 10.1 Å². The molecule has 2 aromatic rings. The van der Waals surface area contributed by atoms with E-state index >= 15 is 0 Å². The topological polar surface area (TPSA) is 63.8 Å². The maximum absolute atomic E-state index is 4.96. The van der Waals surface area contributed by atoms with Gasteiger partial charge in [0.15, 0.2) is 0 Å². The first-order valence-corrected chi connectivity index (χ1v) is 5.45. The molecule has 0 bridgehead atoms. The van der Waals surface area contributed by atoms with Crippen molar-refractivity contribution in [3.63, 3.8) is 0 Å². The van der Waals surface area contributed by atoms with E-state index in [9.17, 15) is 0 Å². The van der Waals surface area contributed by atoms with Crippen LogP contribution in [0.25, 0.3) is 0 Å². The Kier molecular flexibility index (Phi) is 3.14. The molecular weight excluding hydrogens is 307 g/mol. The molecule has 2 heterocycles. The van der Waals surface area contributed by atoms with Crippen molar-refractivity contribution in [2.75, 3.05) is 5.32 Å². The summed E-state index contributed by atoms with van der Waals surface area (Å²) in [6.45, 7) is 2.47. The van der Waals surface area contributed by atoms with E-state index in [1.165, 1.54) is 6.33 Å². The zero-order chi connectivity index (χ0) is 10.7. The van der Waals surface area contributed by atoms with Gasteiger partial charge in [-0.05, 0) is 29.5 Å². The van der Waals surface area contributed by atoms with Gasteiger partial charge < -0.3 is 9.84 Å². The maximum atomic E-state index is 4.96. The standard InChI is InChI=1S/C9H9IN4O/c1-6-2-7(14-15-6)3-12-9-8(10)4-11-5-13-9/h2,4-5H,3H2,1H3,(H,11,12,13). The van der Waals surface area contributed by atoms with E-state index < -0.39 is 0 Å². The highest BCUT2D eigenvalue weighted by Gasteiger charge is 2.03. The summed E-state index contributed by atoms with van der Waals surface area (Å²) in [4.78, 5) is 8.02. The largest absolute Gasteiger partial charge is 0.363 e. The summed E-state index contributed by atoms with van der Waals surface area (Å²) in [6.07, 6.45) is 3.27. The molecule has 1 N–H and O–H groups in total. The van der Waals surface area contributed by atoms with Crippen LogP contribution in [0.2, 0.25) is 0 Å². The lowest BCUT2D eigenvalue weighted by Crippen LogP contribution is -2.03. The SMILES string of the molecule is Cc1cc(CNc2ncncc2I)no1. The number of aryl methyl sites for hydroxylation is 1. The lowest BCUT2D eigenvalue weighted by molar-refractivity contribution is 0.391. The van der Waals surface area contributed by atoms with Crippen LogP contribution in [0.5, 0.6) is 0 Å². The highest BCUT2D eigenvalue weighted by molar-refractivity contribution is 14.1. The van der Waals surface area contributed by atoms with Crippen LogP contribution in [0, 0.1) is 10.5 Å². The van der Waals surface area contributed by atoms with Crippen molar-refractivity contribution in [3.8, 4) is 0 Å². The van der Waals surface area contributed by atoms with Gasteiger partial charge in [-0.2, -0.15) is 0 Å². The Balaban J connectivity index is 2.02. The molecule has 0 saturated heterocycles. The van der Waals surface area contributed by atoms with E-state index in [1.54, 1.807) is 6.20 Å². The van der Waals surface area contributed by atoms with Crippen LogP contribution in [-0.4, -0.2) is 15.1 Å². The zero-order valence-electron chi connectivity index (χ0n) is 8.07. The molecule has 2 aromatic heterocycles. The van der Waals surface area contributed by atoms with Crippen molar-refractivity contribution in [2.45, 2.75) is 13.5 Å². The number of anilines is 1. The Morgan fingerprint density at radius 3 is 3.07 bits per heavy atom. The van der Waals surface area contributed by atoms with Crippen LogP contribution in [-0.2, 0) is 6.54 Å². The van der Waals surface area contributed by atoms with E-state index in [0.717, 1.165) is 20.8 Å². The monoisotopic (exact) mass is 316 g/mol. The number of aromatic nitrogens is 3. The minimum Gasteiger partial charge on any atom is -0.363 e. The fourth-order valence-corrected chi connectivity index (χ4v) is 1.61. The molecule has 2 rings (SSSR count). The van der Waals surface area contributed by atoms with Gasteiger partial charge in [-0.3, -0.25) is 0 Å². The van der Waals surface area contributed by atoms with Gasteiger partial charge in [-0.1, -0.05) is 5.16 Å². The van der Waals surface area contributed by atoms with Crippen molar-refractivity contribution in [2.24, 2.45) is 0 Å². The number of nitrogens with zero attached hydrogens (tertiary/aromatic N) is 3. The van der Waals surface area contributed by atoms with Crippen molar-refractivity contribution in [3.05, 3.63) is 33.6 Å². The molecule has 6 heteroatoms. The van der Waals surface area contributed by atoms with Crippen LogP contribution in [0.15, 0.2) is 23.1 Å². The van der Waals surface area contributed by atoms with Gasteiger partial charge in [0.25, 0.3) is 0 Å². The van der Waals surface area contributed by atoms with Crippen LogP contribution in [0.1, 0.15) is 11.5 Å². The quantitative estimate of drug-likeness (QED) is 0.878. The van der Waals surface area contributed by atoms with E-state index in [4.69, 9.17) is 4.52 Å². The average Bonchev–Trinajstić information content (AvgIpc) is 2.63. The summed E-state index contributed by atoms with van der Waals surface area (Å²) in [6, 6.07) is 1.89. The van der Waals surface area contributed by atoms with Crippen molar-refractivity contribution >= 4 is 28.4 Å². The number of nitrogens with one attached hydrogen (secondary N) is 1. The van der Waals surface area contributed by atoms with Crippen LogP contribution in [0.4, 0.5) is 5.82 Å². The van der Waals surface area contributed by atoms with Gasteiger partial charge in [-0.15, -0.1) is 0 Å². The normalized spacial score (nSPS) is 10.3. The van der Waals surface area contributed by atoms with Crippen LogP contribution >= 0.6 is 22.6 Å². The highest BCUT2D eigenvalue weighted by Crippen LogP contribution is 2.13. The first kappa shape index (κ1) is 10.3. The van der Waals surface area contributed by atoms with Gasteiger partial charge >= 0.3 is 0 Å². The molecule has 0 fully saturated rings. The summed E-state index contributed by atoms with van der Waals surface area (Å²) in [5, 5.41) is 7.04. The summed E-state index contributed by atoms with van der Waals surface area (Å²) in [7, 11) is 0. The van der Waals surface area contributed by atoms with Gasteiger partial charge in [0, 0.05) is 12.3 Å². The third-order valence-corrected chi connectivity index (χ3v) is 2.57. The molecule has 0 atom stereocenters. The molecule has 0 radical (unpaired) electrons. The highest BCUT2D eigenvalue weighted by atomic mass is 127. The minimum atomic E-state index is 0.602. The molecule has 0 aromatic carbocycles. The molecule has 0 aliphatic carbocycles. The molecule has 78 valence electrons. The number of hydrogen-bond donors (Lipinski definition) is 1. The Morgan fingerprint density at radius 2 is 2.40 bits per heavy atom. The summed E-state index contributed by atoms with van der Waals surface area (Å²) in [5.74, 6) is 1.62. The molecule has 0 aliphatic rings. The molecule has 0 unspecified atom stereocenters. The molecule has 0 aliphatic heterocycles. The predicted octanol–water partition coefficient (Wildman–Crippen LogP) is 1.99. The Morgan fingerprint density at radius 1 is 1.53 bits per heavy atom. The van der Waals surface area contributed by atoms with E-state index in [0.29, 0.717) is 6.54 Å². The minimum absolute atomic E-state index is 0.602. The number of rotatable bonds is 3. The van der Waals surface area contributed by atoms with Crippen LogP contribution < -0.4 is 5.32 Å². The fourth-order valence-electron chi connectivity index (χ4n) is 1.12. The predicted molar refractivity (Wildman–Crippen MR) is 63.3 cm³/mol. The third-order valence-electron chi connectivity index (χ3n) is 1.78. The first-order valence-electron chi connectivity index (χ1n) is 4.37. The van der Waals surface area contributed by atoms with Crippen molar-refractivity contribution in [1.82, 2.24) is 15.1 Å².